The largest absolute Gasteiger partial charge is 0.366 e. The van der Waals surface area contributed by atoms with Crippen molar-refractivity contribution in [2.45, 2.75) is 33.6 Å². The predicted molar refractivity (Wildman–Crippen MR) is 93.9 cm³/mol. The van der Waals surface area contributed by atoms with Crippen molar-refractivity contribution in [2.24, 2.45) is 0 Å². The molecule has 0 fully saturated rings. The summed E-state index contributed by atoms with van der Waals surface area (Å²) in [6, 6.07) is 8.33. The molecule has 2 N–H and O–H groups in total. The van der Waals surface area contributed by atoms with Crippen LogP contribution in [0.15, 0.2) is 36.9 Å². The number of para-hydroxylation sites is 1. The number of nitrogens with zero attached hydrogens (tertiary/aromatic N) is 2. The molecule has 1 heterocycles. The Kier molecular flexibility index (Phi) is 5.53. The molecule has 0 saturated heterocycles. The average molecular weight is 296 g/mol. The summed E-state index contributed by atoms with van der Waals surface area (Å²) in [6.07, 6.45) is 3.76. The molecule has 116 valence electrons. The second-order valence-electron chi connectivity index (χ2n) is 5.17. The Morgan fingerprint density at radius 1 is 1.14 bits per heavy atom. The maximum atomic E-state index is 4.54. The zero-order valence-electron chi connectivity index (χ0n) is 13.6. The Labute approximate surface area is 132 Å². The average Bonchev–Trinajstić information content (AvgIpc) is 2.52. The summed E-state index contributed by atoms with van der Waals surface area (Å²) >= 11 is 0. The molecule has 4 nitrogen and oxygen atoms in total. The Balaban J connectivity index is 2.34. The van der Waals surface area contributed by atoms with E-state index < -0.39 is 0 Å². The fourth-order valence-electron chi connectivity index (χ4n) is 2.41. The molecule has 0 radical (unpaired) electrons. The van der Waals surface area contributed by atoms with Gasteiger partial charge < -0.3 is 10.6 Å². The molecule has 0 spiro atoms. The van der Waals surface area contributed by atoms with Gasteiger partial charge in [0.05, 0.1) is 0 Å². The second-order valence-corrected chi connectivity index (χ2v) is 5.17. The molecule has 2 rings (SSSR count). The van der Waals surface area contributed by atoms with Gasteiger partial charge in [-0.1, -0.05) is 38.1 Å². The zero-order chi connectivity index (χ0) is 15.9. The third kappa shape index (κ3) is 3.85. The lowest BCUT2D eigenvalue weighted by Gasteiger charge is -2.15. The third-order valence-corrected chi connectivity index (χ3v) is 3.52. The molecule has 1 aromatic carbocycles. The molecular formula is C18H24N4. The molecule has 0 amide bonds. The molecule has 1 aromatic heterocycles. The van der Waals surface area contributed by atoms with Crippen LogP contribution in [0.2, 0.25) is 0 Å². The Hall–Kier alpha value is -2.36. The van der Waals surface area contributed by atoms with Gasteiger partial charge in [-0.05, 0) is 30.9 Å². The number of benzene rings is 1. The number of hydrogen-bond acceptors (Lipinski definition) is 4. The molecule has 0 saturated carbocycles. The van der Waals surface area contributed by atoms with E-state index in [-0.39, 0.29) is 0 Å². The number of aryl methyl sites for hydroxylation is 3. The number of nitrogens with one attached hydrogen (secondary N) is 2. The highest BCUT2D eigenvalue weighted by Gasteiger charge is 2.09. The first-order valence-electron chi connectivity index (χ1n) is 7.76. The molecular weight excluding hydrogens is 272 g/mol. The van der Waals surface area contributed by atoms with Gasteiger partial charge in [0.25, 0.3) is 0 Å². The van der Waals surface area contributed by atoms with E-state index in [4.69, 9.17) is 0 Å². The van der Waals surface area contributed by atoms with Crippen molar-refractivity contribution >= 4 is 17.5 Å². The first-order chi connectivity index (χ1) is 10.7. The summed E-state index contributed by atoms with van der Waals surface area (Å²) in [5.41, 5.74) is 4.62. The molecule has 22 heavy (non-hydrogen) atoms. The lowest BCUT2D eigenvalue weighted by Crippen LogP contribution is -2.07. The monoisotopic (exact) mass is 296 g/mol. The Bertz CT molecular complexity index is 627. The van der Waals surface area contributed by atoms with E-state index in [1.807, 2.05) is 19.1 Å². The standard InChI is InChI=1S/C18H24N4/c1-5-11-19-16-12-13(4)20-18(21-16)22-17-14(6-2)9-8-10-15(17)7-3/h5,8-10,12H,1,6-7,11H2,2-4H3,(H2,19,20,21,22). The van der Waals surface area contributed by atoms with E-state index in [9.17, 15) is 0 Å². The van der Waals surface area contributed by atoms with E-state index in [2.05, 4.69) is 59.2 Å². The lowest BCUT2D eigenvalue weighted by molar-refractivity contribution is 1.06. The van der Waals surface area contributed by atoms with Crippen molar-refractivity contribution in [1.29, 1.82) is 0 Å². The van der Waals surface area contributed by atoms with Crippen LogP contribution in [0, 0.1) is 6.92 Å². The number of hydrogen-bond donors (Lipinski definition) is 2. The van der Waals surface area contributed by atoms with E-state index >= 15 is 0 Å². The summed E-state index contributed by atoms with van der Waals surface area (Å²) < 4.78 is 0. The van der Waals surface area contributed by atoms with Crippen molar-refractivity contribution in [2.75, 3.05) is 17.2 Å². The smallest absolute Gasteiger partial charge is 0.229 e. The van der Waals surface area contributed by atoms with Gasteiger partial charge in [0.2, 0.25) is 5.95 Å². The van der Waals surface area contributed by atoms with Gasteiger partial charge in [0, 0.05) is 24.0 Å². The number of aromatic nitrogens is 2. The molecule has 0 aliphatic rings. The fourth-order valence-corrected chi connectivity index (χ4v) is 2.41. The minimum absolute atomic E-state index is 0.627. The highest BCUT2D eigenvalue weighted by molar-refractivity contribution is 5.64. The van der Waals surface area contributed by atoms with E-state index in [1.54, 1.807) is 0 Å². The van der Waals surface area contributed by atoms with Gasteiger partial charge in [0.15, 0.2) is 0 Å². The van der Waals surface area contributed by atoms with Crippen molar-refractivity contribution in [3.05, 3.63) is 53.7 Å². The summed E-state index contributed by atoms with van der Waals surface area (Å²) in [5, 5.41) is 6.62. The maximum Gasteiger partial charge on any atom is 0.229 e. The summed E-state index contributed by atoms with van der Waals surface area (Å²) in [6.45, 7) is 10.7. The minimum atomic E-state index is 0.627. The Morgan fingerprint density at radius 3 is 2.41 bits per heavy atom. The molecule has 2 aromatic rings. The van der Waals surface area contributed by atoms with Crippen molar-refractivity contribution in [1.82, 2.24) is 9.97 Å². The topological polar surface area (TPSA) is 49.8 Å². The molecule has 0 aliphatic heterocycles. The molecule has 0 unspecified atom stereocenters. The zero-order valence-corrected chi connectivity index (χ0v) is 13.6. The Morgan fingerprint density at radius 2 is 1.82 bits per heavy atom. The van der Waals surface area contributed by atoms with Crippen LogP contribution in [-0.2, 0) is 12.8 Å². The van der Waals surface area contributed by atoms with E-state index in [0.29, 0.717) is 12.5 Å². The van der Waals surface area contributed by atoms with Gasteiger partial charge in [-0.2, -0.15) is 4.98 Å². The summed E-state index contributed by atoms with van der Waals surface area (Å²) in [4.78, 5) is 9.04. The van der Waals surface area contributed by atoms with Crippen LogP contribution in [0.1, 0.15) is 30.7 Å². The fraction of sp³-hybridized carbons (Fsp3) is 0.333. The third-order valence-electron chi connectivity index (χ3n) is 3.52. The SMILES string of the molecule is C=CCNc1cc(C)nc(Nc2c(CC)cccc2CC)n1. The van der Waals surface area contributed by atoms with Gasteiger partial charge in [-0.15, -0.1) is 6.58 Å². The first kappa shape index (κ1) is 16.0. The van der Waals surface area contributed by atoms with Crippen molar-refractivity contribution in [3.8, 4) is 0 Å². The highest BCUT2D eigenvalue weighted by atomic mass is 15.1. The van der Waals surface area contributed by atoms with Crippen LogP contribution >= 0.6 is 0 Å². The summed E-state index contributed by atoms with van der Waals surface area (Å²) in [5.74, 6) is 1.43. The number of anilines is 3. The van der Waals surface area contributed by atoms with Crippen LogP contribution in [-0.4, -0.2) is 16.5 Å². The predicted octanol–water partition coefficient (Wildman–Crippen LogP) is 4.25. The van der Waals surface area contributed by atoms with Crippen LogP contribution < -0.4 is 10.6 Å². The first-order valence-corrected chi connectivity index (χ1v) is 7.76. The van der Waals surface area contributed by atoms with Gasteiger partial charge in [-0.3, -0.25) is 0 Å². The molecule has 0 bridgehead atoms. The molecule has 4 heteroatoms. The van der Waals surface area contributed by atoms with Gasteiger partial charge in [0.1, 0.15) is 5.82 Å². The summed E-state index contributed by atoms with van der Waals surface area (Å²) in [7, 11) is 0. The van der Waals surface area contributed by atoms with E-state index in [1.165, 1.54) is 11.1 Å². The van der Waals surface area contributed by atoms with Crippen molar-refractivity contribution < 1.29 is 0 Å². The van der Waals surface area contributed by atoms with E-state index in [0.717, 1.165) is 30.0 Å². The van der Waals surface area contributed by atoms with Crippen LogP contribution in [0.25, 0.3) is 0 Å². The molecule has 0 atom stereocenters. The van der Waals surface area contributed by atoms with Crippen LogP contribution in [0.4, 0.5) is 17.5 Å². The lowest BCUT2D eigenvalue weighted by atomic mass is 10.0. The molecule has 0 aliphatic carbocycles. The van der Waals surface area contributed by atoms with Crippen molar-refractivity contribution in [3.63, 3.8) is 0 Å². The van der Waals surface area contributed by atoms with Gasteiger partial charge in [-0.25, -0.2) is 4.98 Å². The highest BCUT2D eigenvalue weighted by Crippen LogP contribution is 2.25. The maximum absolute atomic E-state index is 4.54. The minimum Gasteiger partial charge on any atom is -0.366 e. The van der Waals surface area contributed by atoms with Crippen LogP contribution in [0.5, 0.6) is 0 Å². The van der Waals surface area contributed by atoms with Gasteiger partial charge >= 0.3 is 0 Å². The quantitative estimate of drug-likeness (QED) is 0.750. The normalized spacial score (nSPS) is 10.3. The number of rotatable bonds is 7. The second kappa shape index (κ2) is 7.59. The van der Waals surface area contributed by atoms with Crippen LogP contribution in [0.3, 0.4) is 0 Å².